The van der Waals surface area contributed by atoms with Crippen molar-refractivity contribution in [1.29, 1.82) is 0 Å². The number of hydrogen-bond acceptors (Lipinski definition) is 5. The van der Waals surface area contributed by atoms with Crippen LogP contribution in [0.4, 0.5) is 5.13 Å². The van der Waals surface area contributed by atoms with E-state index in [1.165, 1.54) is 38.5 Å². The van der Waals surface area contributed by atoms with Crippen molar-refractivity contribution in [1.82, 2.24) is 15.6 Å². The lowest BCUT2D eigenvalue weighted by Gasteiger charge is -2.21. The summed E-state index contributed by atoms with van der Waals surface area (Å²) in [7, 11) is 4.02. The standard InChI is InChI=1S/C20H37N5OS.HI/c1-4-21-19(23-15-17-16-27-20(24-17)25(2)3)22-13-9-6-10-14-26-18-11-7-5-8-12-18;/h16,18H,4-15H2,1-3H3,(H2,21,22,23);1H. The summed E-state index contributed by atoms with van der Waals surface area (Å²) in [6.45, 7) is 5.41. The van der Waals surface area contributed by atoms with Crippen LogP contribution < -0.4 is 15.5 Å². The highest BCUT2D eigenvalue weighted by atomic mass is 127. The lowest BCUT2D eigenvalue weighted by Crippen LogP contribution is -2.37. The van der Waals surface area contributed by atoms with Gasteiger partial charge in [0.1, 0.15) is 0 Å². The zero-order valence-corrected chi connectivity index (χ0v) is 20.9. The Morgan fingerprint density at radius 1 is 1.21 bits per heavy atom. The van der Waals surface area contributed by atoms with Crippen molar-refractivity contribution >= 4 is 46.4 Å². The van der Waals surface area contributed by atoms with Crippen LogP contribution in [0.5, 0.6) is 0 Å². The number of aliphatic imine (C=N–C) groups is 1. The summed E-state index contributed by atoms with van der Waals surface area (Å²) < 4.78 is 5.99. The molecule has 1 aromatic rings. The molecule has 0 radical (unpaired) electrons. The van der Waals surface area contributed by atoms with E-state index in [0.717, 1.165) is 49.3 Å². The quantitative estimate of drug-likeness (QED) is 0.195. The molecule has 0 saturated heterocycles. The van der Waals surface area contributed by atoms with Gasteiger partial charge in [0.25, 0.3) is 0 Å². The maximum absolute atomic E-state index is 5.99. The van der Waals surface area contributed by atoms with Crippen LogP contribution in [0.1, 0.15) is 64.0 Å². The molecule has 0 bridgehead atoms. The predicted molar refractivity (Wildman–Crippen MR) is 131 cm³/mol. The van der Waals surface area contributed by atoms with Gasteiger partial charge in [0.05, 0.1) is 18.3 Å². The van der Waals surface area contributed by atoms with Crippen LogP contribution in [-0.2, 0) is 11.3 Å². The molecular formula is C20H38IN5OS. The van der Waals surface area contributed by atoms with Crippen LogP contribution in [0.25, 0.3) is 0 Å². The molecule has 1 aliphatic carbocycles. The first-order valence-corrected chi connectivity index (χ1v) is 11.3. The van der Waals surface area contributed by atoms with Crippen LogP contribution in [0.2, 0.25) is 0 Å². The van der Waals surface area contributed by atoms with E-state index in [-0.39, 0.29) is 24.0 Å². The molecule has 2 rings (SSSR count). The normalized spacial score (nSPS) is 15.2. The minimum Gasteiger partial charge on any atom is -0.378 e. The summed E-state index contributed by atoms with van der Waals surface area (Å²) in [4.78, 5) is 11.3. The number of rotatable bonds is 11. The van der Waals surface area contributed by atoms with Crippen LogP contribution in [0.3, 0.4) is 0 Å². The number of nitrogens with one attached hydrogen (secondary N) is 2. The van der Waals surface area contributed by atoms with Crippen molar-refractivity contribution in [2.24, 2.45) is 4.99 Å². The van der Waals surface area contributed by atoms with E-state index in [1.54, 1.807) is 11.3 Å². The summed E-state index contributed by atoms with van der Waals surface area (Å²) >= 11 is 1.65. The largest absolute Gasteiger partial charge is 0.378 e. The number of anilines is 1. The van der Waals surface area contributed by atoms with Gasteiger partial charge in [0.2, 0.25) is 0 Å². The first kappa shape index (κ1) is 25.4. The Kier molecular flexibility index (Phi) is 13.9. The van der Waals surface area contributed by atoms with Crippen molar-refractivity contribution in [2.75, 3.05) is 38.7 Å². The average molecular weight is 524 g/mol. The maximum Gasteiger partial charge on any atom is 0.191 e. The Bertz CT molecular complexity index is 546. The van der Waals surface area contributed by atoms with Gasteiger partial charge in [-0.05, 0) is 39.0 Å². The number of nitrogens with zero attached hydrogens (tertiary/aromatic N) is 3. The Hall–Kier alpha value is -0.610. The number of unbranched alkanes of at least 4 members (excludes halogenated alkanes) is 2. The van der Waals surface area contributed by atoms with E-state index in [9.17, 15) is 0 Å². The van der Waals surface area contributed by atoms with Crippen LogP contribution in [-0.4, -0.2) is 50.8 Å². The van der Waals surface area contributed by atoms with Gasteiger partial charge in [-0.2, -0.15) is 0 Å². The van der Waals surface area contributed by atoms with E-state index in [2.05, 4.69) is 32.9 Å². The third-order valence-electron chi connectivity index (χ3n) is 4.68. The second kappa shape index (κ2) is 15.3. The van der Waals surface area contributed by atoms with E-state index in [1.807, 2.05) is 19.0 Å². The lowest BCUT2D eigenvalue weighted by atomic mass is 9.98. The van der Waals surface area contributed by atoms with Gasteiger partial charge in [-0.15, -0.1) is 35.3 Å². The third kappa shape index (κ3) is 10.2. The molecule has 1 aromatic heterocycles. The average Bonchev–Trinajstić information content (AvgIpc) is 3.15. The second-order valence-corrected chi connectivity index (χ2v) is 8.17. The lowest BCUT2D eigenvalue weighted by molar-refractivity contribution is 0.0264. The van der Waals surface area contributed by atoms with Gasteiger partial charge in [-0.1, -0.05) is 19.3 Å². The molecule has 162 valence electrons. The minimum absolute atomic E-state index is 0. The smallest absolute Gasteiger partial charge is 0.191 e. The number of aromatic nitrogens is 1. The number of hydrogen-bond donors (Lipinski definition) is 2. The molecule has 6 nitrogen and oxygen atoms in total. The molecule has 28 heavy (non-hydrogen) atoms. The fourth-order valence-electron chi connectivity index (χ4n) is 3.17. The van der Waals surface area contributed by atoms with Crippen LogP contribution in [0, 0.1) is 0 Å². The maximum atomic E-state index is 5.99. The summed E-state index contributed by atoms with van der Waals surface area (Å²) in [5, 5.41) is 9.83. The molecule has 2 N–H and O–H groups in total. The van der Waals surface area contributed by atoms with Crippen molar-refractivity contribution < 1.29 is 4.74 Å². The second-order valence-electron chi connectivity index (χ2n) is 7.33. The Labute approximate surface area is 192 Å². The van der Waals surface area contributed by atoms with E-state index >= 15 is 0 Å². The van der Waals surface area contributed by atoms with Gasteiger partial charge in [0, 0.05) is 39.2 Å². The Balaban J connectivity index is 0.00000392. The molecular weight excluding hydrogens is 485 g/mol. The predicted octanol–water partition coefficient (Wildman–Crippen LogP) is 4.40. The molecule has 0 atom stereocenters. The van der Waals surface area contributed by atoms with Crippen molar-refractivity contribution in [3.8, 4) is 0 Å². The highest BCUT2D eigenvalue weighted by Gasteiger charge is 2.12. The van der Waals surface area contributed by atoms with Gasteiger partial charge in [-0.3, -0.25) is 0 Å². The highest BCUT2D eigenvalue weighted by Crippen LogP contribution is 2.20. The number of guanidine groups is 1. The van der Waals surface area contributed by atoms with Crippen molar-refractivity contribution in [3.63, 3.8) is 0 Å². The zero-order valence-electron chi connectivity index (χ0n) is 17.7. The first-order chi connectivity index (χ1) is 13.2. The number of ether oxygens (including phenoxy) is 1. The fourth-order valence-corrected chi connectivity index (χ4v) is 3.92. The van der Waals surface area contributed by atoms with Gasteiger partial charge in [-0.25, -0.2) is 9.98 Å². The molecule has 0 aliphatic heterocycles. The van der Waals surface area contributed by atoms with Crippen LogP contribution in [0.15, 0.2) is 10.4 Å². The molecule has 0 unspecified atom stereocenters. The highest BCUT2D eigenvalue weighted by molar-refractivity contribution is 14.0. The Morgan fingerprint density at radius 2 is 2.00 bits per heavy atom. The van der Waals surface area contributed by atoms with Gasteiger partial charge >= 0.3 is 0 Å². The van der Waals surface area contributed by atoms with E-state index in [0.29, 0.717) is 12.6 Å². The summed E-state index contributed by atoms with van der Waals surface area (Å²) in [6.07, 6.45) is 10.6. The molecule has 8 heteroatoms. The molecule has 0 amide bonds. The molecule has 1 saturated carbocycles. The molecule has 0 aromatic carbocycles. The van der Waals surface area contributed by atoms with Gasteiger partial charge < -0.3 is 20.3 Å². The topological polar surface area (TPSA) is 61.8 Å². The van der Waals surface area contributed by atoms with E-state index in [4.69, 9.17) is 4.74 Å². The third-order valence-corrected chi connectivity index (χ3v) is 5.74. The summed E-state index contributed by atoms with van der Waals surface area (Å²) in [6, 6.07) is 0. The zero-order chi connectivity index (χ0) is 19.3. The summed E-state index contributed by atoms with van der Waals surface area (Å²) in [5.41, 5.74) is 1.01. The van der Waals surface area contributed by atoms with Gasteiger partial charge in [0.15, 0.2) is 11.1 Å². The number of thiazole rings is 1. The number of halogens is 1. The minimum atomic E-state index is 0. The van der Waals surface area contributed by atoms with Crippen LogP contribution >= 0.6 is 35.3 Å². The molecule has 1 heterocycles. The summed E-state index contributed by atoms with van der Waals surface area (Å²) in [5.74, 6) is 0.871. The monoisotopic (exact) mass is 523 g/mol. The Morgan fingerprint density at radius 3 is 2.68 bits per heavy atom. The molecule has 0 spiro atoms. The first-order valence-electron chi connectivity index (χ1n) is 10.4. The van der Waals surface area contributed by atoms with Crippen molar-refractivity contribution in [2.45, 2.75) is 70.9 Å². The molecule has 1 fully saturated rings. The fraction of sp³-hybridized carbons (Fsp3) is 0.800. The SMILES string of the molecule is CCNC(=NCc1csc(N(C)C)n1)NCCCCCOC1CCCCC1.I. The van der Waals surface area contributed by atoms with Crippen molar-refractivity contribution in [3.05, 3.63) is 11.1 Å². The van der Waals surface area contributed by atoms with E-state index < -0.39 is 0 Å². The molecule has 1 aliphatic rings.